The highest BCUT2D eigenvalue weighted by Gasteiger charge is 2.28. The molecule has 0 N–H and O–H groups in total. The summed E-state index contributed by atoms with van der Waals surface area (Å²) in [5.41, 5.74) is 3.03. The molecule has 7 heteroatoms. The first-order valence-electron chi connectivity index (χ1n) is 10.1. The summed E-state index contributed by atoms with van der Waals surface area (Å²) < 4.78 is 6.76. The number of aromatic nitrogens is 2. The Morgan fingerprint density at radius 1 is 0.900 bits per heavy atom. The Morgan fingerprint density at radius 2 is 1.50 bits per heavy atom. The molecule has 0 atom stereocenters. The monoisotopic (exact) mass is 404 g/mol. The molecule has 0 radical (unpaired) electrons. The fraction of sp³-hybridized carbons (Fsp3) is 0.261. The van der Waals surface area contributed by atoms with Crippen molar-refractivity contribution in [1.82, 2.24) is 19.6 Å². The van der Waals surface area contributed by atoms with Crippen LogP contribution in [0.3, 0.4) is 0 Å². The van der Waals surface area contributed by atoms with Crippen LogP contribution in [-0.4, -0.2) is 64.4 Å². The third-order valence-electron chi connectivity index (χ3n) is 5.09. The third-order valence-corrected chi connectivity index (χ3v) is 5.09. The van der Waals surface area contributed by atoms with Gasteiger partial charge in [-0.1, -0.05) is 48.5 Å². The number of hydrogen-bond acceptors (Lipinski definition) is 4. The summed E-state index contributed by atoms with van der Waals surface area (Å²) in [4.78, 5) is 28.7. The van der Waals surface area contributed by atoms with Gasteiger partial charge in [0.2, 0.25) is 0 Å². The minimum Gasteiger partial charge on any atom is -0.450 e. The van der Waals surface area contributed by atoms with Crippen LogP contribution in [0.5, 0.6) is 0 Å². The highest BCUT2D eigenvalue weighted by molar-refractivity contribution is 5.94. The fourth-order valence-electron chi connectivity index (χ4n) is 3.52. The summed E-state index contributed by atoms with van der Waals surface area (Å²) in [6, 6.07) is 21.3. The van der Waals surface area contributed by atoms with E-state index in [1.165, 1.54) is 0 Å². The minimum atomic E-state index is -0.328. The van der Waals surface area contributed by atoms with Crippen LogP contribution >= 0.6 is 0 Å². The average molecular weight is 404 g/mol. The van der Waals surface area contributed by atoms with E-state index in [2.05, 4.69) is 0 Å². The summed E-state index contributed by atoms with van der Waals surface area (Å²) in [6.07, 6.45) is -0.328. The van der Waals surface area contributed by atoms with Crippen molar-refractivity contribution in [2.45, 2.75) is 6.92 Å². The van der Waals surface area contributed by atoms with Gasteiger partial charge in [0.05, 0.1) is 18.0 Å². The number of amides is 2. The first-order chi connectivity index (χ1) is 14.7. The van der Waals surface area contributed by atoms with Crippen molar-refractivity contribution in [3.8, 4) is 16.9 Å². The van der Waals surface area contributed by atoms with E-state index in [1.807, 2.05) is 66.7 Å². The van der Waals surface area contributed by atoms with Crippen LogP contribution in [0.1, 0.15) is 17.4 Å². The van der Waals surface area contributed by atoms with Crippen molar-refractivity contribution < 1.29 is 14.3 Å². The zero-order chi connectivity index (χ0) is 20.9. The van der Waals surface area contributed by atoms with Crippen LogP contribution in [0.2, 0.25) is 0 Å². The summed E-state index contributed by atoms with van der Waals surface area (Å²) in [5.74, 6) is -0.1000. The smallest absolute Gasteiger partial charge is 0.409 e. The van der Waals surface area contributed by atoms with E-state index in [0.717, 1.165) is 16.9 Å². The molecule has 1 saturated heterocycles. The molecule has 2 aromatic carbocycles. The standard InChI is InChI=1S/C23H24N4O3/c1-2-30-23(29)26-15-13-25(14-16-26)22(28)21-17-20(18-9-5-3-6-10-18)24-27(21)19-11-7-4-8-12-19/h3-12,17H,2,13-16H2,1H3. The average Bonchev–Trinajstić information content (AvgIpc) is 3.26. The van der Waals surface area contributed by atoms with Gasteiger partial charge >= 0.3 is 6.09 Å². The Labute approximate surface area is 175 Å². The number of nitrogens with zero attached hydrogens (tertiary/aromatic N) is 4. The minimum absolute atomic E-state index is 0.1000. The molecule has 3 aromatic rings. The molecule has 0 aliphatic carbocycles. The highest BCUT2D eigenvalue weighted by atomic mass is 16.6. The lowest BCUT2D eigenvalue weighted by Gasteiger charge is -2.34. The van der Waals surface area contributed by atoms with E-state index in [4.69, 9.17) is 9.84 Å². The molecule has 4 rings (SSSR count). The van der Waals surface area contributed by atoms with Crippen LogP contribution in [-0.2, 0) is 4.74 Å². The molecular weight excluding hydrogens is 380 g/mol. The van der Waals surface area contributed by atoms with Gasteiger partial charge in [0.1, 0.15) is 5.69 Å². The quantitative estimate of drug-likeness (QED) is 0.668. The van der Waals surface area contributed by atoms with E-state index in [0.29, 0.717) is 38.5 Å². The zero-order valence-corrected chi connectivity index (χ0v) is 16.9. The molecule has 154 valence electrons. The van der Waals surface area contributed by atoms with Gasteiger partial charge < -0.3 is 14.5 Å². The molecule has 1 aromatic heterocycles. The van der Waals surface area contributed by atoms with Crippen molar-refractivity contribution in [2.75, 3.05) is 32.8 Å². The predicted molar refractivity (Wildman–Crippen MR) is 113 cm³/mol. The number of carbonyl (C=O) groups is 2. The van der Waals surface area contributed by atoms with Crippen LogP contribution in [0.15, 0.2) is 66.7 Å². The van der Waals surface area contributed by atoms with Gasteiger partial charge in [0.25, 0.3) is 5.91 Å². The Morgan fingerprint density at radius 3 is 2.13 bits per heavy atom. The van der Waals surface area contributed by atoms with Crippen LogP contribution < -0.4 is 0 Å². The number of para-hydroxylation sites is 1. The van der Waals surface area contributed by atoms with Gasteiger partial charge in [0, 0.05) is 31.7 Å². The van der Waals surface area contributed by atoms with Crippen LogP contribution in [0.25, 0.3) is 16.9 Å². The summed E-state index contributed by atoms with van der Waals surface area (Å²) >= 11 is 0. The normalized spacial score (nSPS) is 13.9. The lowest BCUT2D eigenvalue weighted by Crippen LogP contribution is -2.51. The van der Waals surface area contributed by atoms with Gasteiger partial charge in [-0.2, -0.15) is 5.10 Å². The molecular formula is C23H24N4O3. The number of rotatable bonds is 4. The van der Waals surface area contributed by atoms with Crippen LogP contribution in [0.4, 0.5) is 4.79 Å². The van der Waals surface area contributed by atoms with Crippen molar-refractivity contribution >= 4 is 12.0 Å². The Hall–Kier alpha value is -3.61. The Bertz CT molecular complexity index is 1010. The van der Waals surface area contributed by atoms with E-state index in [1.54, 1.807) is 21.4 Å². The molecule has 7 nitrogen and oxygen atoms in total. The first-order valence-corrected chi connectivity index (χ1v) is 10.1. The molecule has 2 amide bonds. The van der Waals surface area contributed by atoms with Gasteiger partial charge in [0.15, 0.2) is 0 Å². The van der Waals surface area contributed by atoms with Crippen molar-refractivity contribution in [3.05, 3.63) is 72.4 Å². The largest absolute Gasteiger partial charge is 0.450 e. The molecule has 0 bridgehead atoms. The molecule has 1 fully saturated rings. The number of hydrogen-bond donors (Lipinski definition) is 0. The lowest BCUT2D eigenvalue weighted by atomic mass is 10.1. The molecule has 1 aliphatic heterocycles. The van der Waals surface area contributed by atoms with Gasteiger partial charge in [-0.25, -0.2) is 9.48 Å². The Balaban J connectivity index is 1.61. The molecule has 1 aliphatic rings. The van der Waals surface area contributed by atoms with Crippen LogP contribution in [0, 0.1) is 0 Å². The maximum absolute atomic E-state index is 13.4. The number of ether oxygens (including phenoxy) is 1. The molecule has 30 heavy (non-hydrogen) atoms. The topological polar surface area (TPSA) is 67.7 Å². The number of carbonyl (C=O) groups excluding carboxylic acids is 2. The van der Waals surface area contributed by atoms with E-state index < -0.39 is 0 Å². The predicted octanol–water partition coefficient (Wildman–Crippen LogP) is 3.45. The molecule has 0 spiro atoms. The second-order valence-electron chi connectivity index (χ2n) is 7.01. The van der Waals surface area contributed by atoms with Crippen molar-refractivity contribution in [2.24, 2.45) is 0 Å². The fourth-order valence-corrected chi connectivity index (χ4v) is 3.52. The number of piperazine rings is 1. The van der Waals surface area contributed by atoms with E-state index >= 15 is 0 Å². The Kier molecular flexibility index (Phi) is 5.79. The maximum atomic E-state index is 13.4. The third kappa shape index (κ3) is 4.05. The summed E-state index contributed by atoms with van der Waals surface area (Å²) in [5, 5.41) is 4.72. The second kappa shape index (κ2) is 8.82. The molecule has 2 heterocycles. The summed E-state index contributed by atoms with van der Waals surface area (Å²) in [7, 11) is 0. The second-order valence-corrected chi connectivity index (χ2v) is 7.01. The van der Waals surface area contributed by atoms with Gasteiger partial charge in [-0.15, -0.1) is 0 Å². The van der Waals surface area contributed by atoms with Gasteiger partial charge in [-0.3, -0.25) is 4.79 Å². The zero-order valence-electron chi connectivity index (χ0n) is 16.9. The molecule has 0 unspecified atom stereocenters. The van der Waals surface area contributed by atoms with E-state index in [-0.39, 0.29) is 12.0 Å². The van der Waals surface area contributed by atoms with Crippen molar-refractivity contribution in [1.29, 1.82) is 0 Å². The number of benzene rings is 2. The van der Waals surface area contributed by atoms with Gasteiger partial charge in [-0.05, 0) is 25.1 Å². The lowest BCUT2D eigenvalue weighted by molar-refractivity contribution is 0.0563. The maximum Gasteiger partial charge on any atom is 0.409 e. The SMILES string of the molecule is CCOC(=O)N1CCN(C(=O)c2cc(-c3ccccc3)nn2-c2ccccc2)CC1. The van der Waals surface area contributed by atoms with Crippen molar-refractivity contribution in [3.63, 3.8) is 0 Å². The summed E-state index contributed by atoms with van der Waals surface area (Å²) in [6.45, 7) is 3.95. The first kappa shape index (κ1) is 19.7. The highest BCUT2D eigenvalue weighted by Crippen LogP contribution is 2.23. The van der Waals surface area contributed by atoms with E-state index in [9.17, 15) is 9.59 Å². The molecule has 0 saturated carbocycles.